The first-order valence-corrected chi connectivity index (χ1v) is 7.73. The number of ether oxygens (including phenoxy) is 1. The molecule has 2 fully saturated rings. The number of nitrogens with zero attached hydrogens (tertiary/aromatic N) is 1. The first kappa shape index (κ1) is 15.3. The highest BCUT2D eigenvalue weighted by atomic mass is 16.5. The first-order chi connectivity index (χ1) is 9.58. The van der Waals surface area contributed by atoms with Crippen molar-refractivity contribution in [3.05, 3.63) is 0 Å². The van der Waals surface area contributed by atoms with Crippen LogP contribution in [0, 0.1) is 5.41 Å². The molecular formula is C15H26N2O3. The van der Waals surface area contributed by atoms with Gasteiger partial charge < -0.3 is 15.0 Å². The lowest BCUT2D eigenvalue weighted by Crippen LogP contribution is -2.51. The highest BCUT2D eigenvalue weighted by molar-refractivity contribution is 5.88. The van der Waals surface area contributed by atoms with Gasteiger partial charge in [-0.05, 0) is 33.1 Å². The molecular weight excluding hydrogens is 256 g/mol. The van der Waals surface area contributed by atoms with E-state index in [1.54, 1.807) is 4.90 Å². The summed E-state index contributed by atoms with van der Waals surface area (Å²) in [4.78, 5) is 25.5. The zero-order valence-electron chi connectivity index (χ0n) is 12.6. The Kier molecular flexibility index (Phi) is 5.02. The van der Waals surface area contributed by atoms with Gasteiger partial charge in [0, 0.05) is 31.5 Å². The molecule has 1 N–H and O–H groups in total. The van der Waals surface area contributed by atoms with Crippen LogP contribution in [0.5, 0.6) is 0 Å². The monoisotopic (exact) mass is 282 g/mol. The molecule has 114 valence electrons. The molecule has 1 saturated carbocycles. The number of carbonyl (C=O) groups is 2. The SMILES string of the molecule is CCOCC1(CNC(=O)C(C)N2CCCC2=O)CCC1. The molecule has 20 heavy (non-hydrogen) atoms. The van der Waals surface area contributed by atoms with Gasteiger partial charge in [0.1, 0.15) is 6.04 Å². The van der Waals surface area contributed by atoms with Crippen molar-refractivity contribution >= 4 is 11.8 Å². The summed E-state index contributed by atoms with van der Waals surface area (Å²) in [6.45, 7) is 6.62. The number of hydrogen-bond donors (Lipinski definition) is 1. The average molecular weight is 282 g/mol. The fourth-order valence-electron chi connectivity index (χ4n) is 3.01. The number of hydrogen-bond acceptors (Lipinski definition) is 3. The zero-order chi connectivity index (χ0) is 14.6. The molecule has 0 radical (unpaired) electrons. The molecule has 2 aliphatic rings. The molecule has 1 aliphatic carbocycles. The van der Waals surface area contributed by atoms with E-state index in [0.29, 0.717) is 26.1 Å². The molecule has 1 heterocycles. The molecule has 1 aliphatic heterocycles. The molecule has 0 aromatic rings. The Morgan fingerprint density at radius 3 is 2.70 bits per heavy atom. The molecule has 1 unspecified atom stereocenters. The predicted molar refractivity (Wildman–Crippen MR) is 76.2 cm³/mol. The Hall–Kier alpha value is -1.10. The maximum Gasteiger partial charge on any atom is 0.242 e. The van der Waals surface area contributed by atoms with E-state index < -0.39 is 0 Å². The van der Waals surface area contributed by atoms with Gasteiger partial charge in [0.05, 0.1) is 6.61 Å². The van der Waals surface area contributed by atoms with Gasteiger partial charge in [0.15, 0.2) is 0 Å². The van der Waals surface area contributed by atoms with Crippen LogP contribution in [0.4, 0.5) is 0 Å². The Bertz CT molecular complexity index is 366. The average Bonchev–Trinajstić information content (AvgIpc) is 2.82. The van der Waals surface area contributed by atoms with E-state index in [2.05, 4.69) is 5.32 Å². The van der Waals surface area contributed by atoms with Crippen LogP contribution in [0.25, 0.3) is 0 Å². The summed E-state index contributed by atoms with van der Waals surface area (Å²) in [6.07, 6.45) is 4.88. The predicted octanol–water partition coefficient (Wildman–Crippen LogP) is 1.32. The summed E-state index contributed by atoms with van der Waals surface area (Å²) >= 11 is 0. The van der Waals surface area contributed by atoms with Crippen molar-refractivity contribution in [1.82, 2.24) is 10.2 Å². The molecule has 2 amide bonds. The normalized spacial score (nSPS) is 22.5. The van der Waals surface area contributed by atoms with Crippen LogP contribution in [0.3, 0.4) is 0 Å². The minimum absolute atomic E-state index is 0.0389. The van der Waals surface area contributed by atoms with E-state index >= 15 is 0 Å². The molecule has 0 aromatic carbocycles. The fourth-order valence-corrected chi connectivity index (χ4v) is 3.01. The maximum atomic E-state index is 12.2. The zero-order valence-corrected chi connectivity index (χ0v) is 12.6. The third kappa shape index (κ3) is 3.32. The van der Waals surface area contributed by atoms with Crippen LogP contribution in [-0.2, 0) is 14.3 Å². The molecule has 0 aromatic heterocycles. The smallest absolute Gasteiger partial charge is 0.242 e. The van der Waals surface area contributed by atoms with E-state index in [9.17, 15) is 9.59 Å². The van der Waals surface area contributed by atoms with E-state index in [-0.39, 0.29) is 23.3 Å². The van der Waals surface area contributed by atoms with Gasteiger partial charge in [0.25, 0.3) is 0 Å². The fraction of sp³-hybridized carbons (Fsp3) is 0.867. The Morgan fingerprint density at radius 1 is 1.45 bits per heavy atom. The number of carbonyl (C=O) groups excluding carboxylic acids is 2. The Labute approximate surface area is 121 Å². The molecule has 1 saturated heterocycles. The second kappa shape index (κ2) is 6.57. The van der Waals surface area contributed by atoms with Crippen LogP contribution in [0.1, 0.15) is 46.0 Å². The number of nitrogens with one attached hydrogen (secondary N) is 1. The van der Waals surface area contributed by atoms with Crippen LogP contribution in [-0.4, -0.2) is 49.1 Å². The lowest BCUT2D eigenvalue weighted by atomic mass is 9.69. The summed E-state index contributed by atoms with van der Waals surface area (Å²) in [5, 5.41) is 3.02. The van der Waals surface area contributed by atoms with Crippen LogP contribution < -0.4 is 5.32 Å². The van der Waals surface area contributed by atoms with Gasteiger partial charge in [-0.2, -0.15) is 0 Å². The maximum absolute atomic E-state index is 12.2. The third-order valence-electron chi connectivity index (χ3n) is 4.62. The highest BCUT2D eigenvalue weighted by Gasteiger charge is 2.38. The van der Waals surface area contributed by atoms with Crippen LogP contribution >= 0.6 is 0 Å². The lowest BCUT2D eigenvalue weighted by molar-refractivity contribution is -0.137. The van der Waals surface area contributed by atoms with Crippen molar-refractivity contribution in [2.45, 2.75) is 52.0 Å². The standard InChI is InChI=1S/C15H26N2O3/c1-3-20-11-15(7-5-8-15)10-16-14(19)12(2)17-9-4-6-13(17)18/h12H,3-11H2,1-2H3,(H,16,19). The summed E-state index contributed by atoms with van der Waals surface area (Å²) in [7, 11) is 0. The summed E-state index contributed by atoms with van der Waals surface area (Å²) in [6, 6.07) is -0.353. The number of amides is 2. The molecule has 5 heteroatoms. The summed E-state index contributed by atoms with van der Waals surface area (Å²) in [5.41, 5.74) is 0.125. The number of rotatable bonds is 7. The Balaban J connectivity index is 1.80. The molecule has 0 bridgehead atoms. The van der Waals surface area contributed by atoms with E-state index in [0.717, 1.165) is 25.9 Å². The topological polar surface area (TPSA) is 58.6 Å². The van der Waals surface area contributed by atoms with Gasteiger partial charge in [0.2, 0.25) is 11.8 Å². The van der Waals surface area contributed by atoms with E-state index in [1.165, 1.54) is 6.42 Å². The minimum atomic E-state index is -0.353. The second-order valence-corrected chi connectivity index (χ2v) is 6.08. The van der Waals surface area contributed by atoms with Crippen molar-refractivity contribution in [3.63, 3.8) is 0 Å². The summed E-state index contributed by atoms with van der Waals surface area (Å²) < 4.78 is 5.53. The molecule has 1 atom stereocenters. The first-order valence-electron chi connectivity index (χ1n) is 7.73. The second-order valence-electron chi connectivity index (χ2n) is 6.08. The van der Waals surface area contributed by atoms with Crippen LogP contribution in [0.15, 0.2) is 0 Å². The van der Waals surface area contributed by atoms with Crippen molar-refractivity contribution < 1.29 is 14.3 Å². The van der Waals surface area contributed by atoms with Gasteiger partial charge in [-0.25, -0.2) is 0 Å². The Morgan fingerprint density at radius 2 is 2.20 bits per heavy atom. The van der Waals surface area contributed by atoms with Gasteiger partial charge in [-0.1, -0.05) is 6.42 Å². The van der Waals surface area contributed by atoms with Crippen LogP contribution in [0.2, 0.25) is 0 Å². The molecule has 5 nitrogen and oxygen atoms in total. The lowest BCUT2D eigenvalue weighted by Gasteiger charge is -2.42. The minimum Gasteiger partial charge on any atom is -0.381 e. The number of likely N-dealkylation sites (tertiary alicyclic amines) is 1. The largest absolute Gasteiger partial charge is 0.381 e. The van der Waals surface area contributed by atoms with E-state index in [4.69, 9.17) is 4.74 Å². The van der Waals surface area contributed by atoms with Gasteiger partial charge in [-0.3, -0.25) is 9.59 Å². The molecule has 2 rings (SSSR count). The quantitative estimate of drug-likeness (QED) is 0.766. The third-order valence-corrected chi connectivity index (χ3v) is 4.62. The summed E-state index contributed by atoms with van der Waals surface area (Å²) in [5.74, 6) is 0.0587. The highest BCUT2D eigenvalue weighted by Crippen LogP contribution is 2.40. The van der Waals surface area contributed by atoms with Crippen molar-refractivity contribution in [3.8, 4) is 0 Å². The molecule has 0 spiro atoms. The van der Waals surface area contributed by atoms with Gasteiger partial charge in [-0.15, -0.1) is 0 Å². The van der Waals surface area contributed by atoms with Crippen molar-refractivity contribution in [2.24, 2.45) is 5.41 Å². The van der Waals surface area contributed by atoms with Gasteiger partial charge >= 0.3 is 0 Å². The van der Waals surface area contributed by atoms with Crippen molar-refractivity contribution in [1.29, 1.82) is 0 Å². The van der Waals surface area contributed by atoms with E-state index in [1.807, 2.05) is 13.8 Å². The van der Waals surface area contributed by atoms with Crippen molar-refractivity contribution in [2.75, 3.05) is 26.3 Å².